The number of thioether (sulfide) groups is 1. The molecule has 0 N–H and O–H groups in total. The highest BCUT2D eigenvalue weighted by Gasteiger charge is 2.20. The van der Waals surface area contributed by atoms with Gasteiger partial charge in [0.15, 0.2) is 0 Å². The maximum Gasteiger partial charge on any atom is 0.143 e. The van der Waals surface area contributed by atoms with Crippen molar-refractivity contribution in [2.75, 3.05) is 23.5 Å². The predicted octanol–water partition coefficient (Wildman–Crippen LogP) is 4.20. The van der Waals surface area contributed by atoms with E-state index in [0.29, 0.717) is 11.6 Å². The summed E-state index contributed by atoms with van der Waals surface area (Å²) in [5, 5.41) is 4.54. The van der Waals surface area contributed by atoms with Gasteiger partial charge in [-0.2, -0.15) is 16.9 Å². The van der Waals surface area contributed by atoms with E-state index in [1.54, 1.807) is 10.9 Å². The summed E-state index contributed by atoms with van der Waals surface area (Å²) >= 11 is 1.83. The van der Waals surface area contributed by atoms with Crippen LogP contribution >= 0.6 is 20.6 Å². The lowest BCUT2D eigenvalue weighted by molar-refractivity contribution is 0.618. The van der Waals surface area contributed by atoms with Crippen LogP contribution in [0.4, 0.5) is 10.1 Å². The van der Waals surface area contributed by atoms with Crippen molar-refractivity contribution in [3.63, 3.8) is 0 Å². The second-order valence-corrected chi connectivity index (χ2v) is 7.22. The van der Waals surface area contributed by atoms with Crippen molar-refractivity contribution in [1.29, 1.82) is 0 Å². The Bertz CT molecular complexity index is 704. The Kier molecular flexibility index (Phi) is 6.81. The number of aryl methyl sites for hydroxylation is 1. The summed E-state index contributed by atoms with van der Waals surface area (Å²) in [4.78, 5) is 6.15. The minimum Gasteiger partial charge on any atom is -0.339 e. The number of aromatic nitrogens is 3. The second kappa shape index (κ2) is 8.63. The van der Waals surface area contributed by atoms with E-state index in [1.807, 2.05) is 24.9 Å². The van der Waals surface area contributed by atoms with Crippen LogP contribution in [-0.2, 0) is 0 Å². The van der Waals surface area contributed by atoms with Gasteiger partial charge in [-0.15, -0.1) is 0 Å². The average molecular weight is 366 g/mol. The molecule has 4 nitrogen and oxygen atoms in total. The highest BCUT2D eigenvalue weighted by atomic mass is 32.2. The van der Waals surface area contributed by atoms with Gasteiger partial charge < -0.3 is 4.90 Å². The molecule has 7 heteroatoms. The summed E-state index contributed by atoms with van der Waals surface area (Å²) in [7, 11) is 3.84. The number of hydrogen-bond acceptors (Lipinski definition) is 3. The zero-order valence-electron chi connectivity index (χ0n) is 14.6. The molecule has 0 saturated heterocycles. The van der Waals surface area contributed by atoms with Gasteiger partial charge in [0, 0.05) is 29.7 Å². The highest BCUT2D eigenvalue weighted by molar-refractivity contribution is 7.98. The molecule has 0 aromatic carbocycles. The molecule has 0 saturated carbocycles. The van der Waals surface area contributed by atoms with E-state index >= 15 is 0 Å². The molecule has 0 spiro atoms. The molecule has 24 heavy (non-hydrogen) atoms. The van der Waals surface area contributed by atoms with Gasteiger partial charge in [0.05, 0.1) is 35.7 Å². The Labute approximate surface area is 149 Å². The first-order chi connectivity index (χ1) is 11.5. The summed E-state index contributed by atoms with van der Waals surface area (Å²) in [5.41, 5.74) is 3.69. The smallest absolute Gasteiger partial charge is 0.143 e. The van der Waals surface area contributed by atoms with E-state index < -0.39 is 0 Å². The lowest BCUT2D eigenvalue weighted by atomic mass is 10.2. The number of nitrogens with zero attached hydrogens (tertiary/aromatic N) is 4. The zero-order chi connectivity index (χ0) is 17.7. The zero-order valence-corrected chi connectivity index (χ0v) is 16.4. The van der Waals surface area contributed by atoms with Crippen LogP contribution in [0.1, 0.15) is 26.0 Å². The van der Waals surface area contributed by atoms with E-state index in [9.17, 15) is 4.39 Å². The van der Waals surface area contributed by atoms with Crippen LogP contribution in [0.15, 0.2) is 24.7 Å². The van der Waals surface area contributed by atoms with Crippen molar-refractivity contribution in [2.24, 2.45) is 5.92 Å². The van der Waals surface area contributed by atoms with Crippen molar-refractivity contribution >= 4 is 31.7 Å². The van der Waals surface area contributed by atoms with E-state index in [1.165, 1.54) is 12.3 Å². The molecule has 2 heterocycles. The van der Waals surface area contributed by atoms with Gasteiger partial charge in [-0.05, 0) is 19.6 Å². The van der Waals surface area contributed by atoms with Gasteiger partial charge >= 0.3 is 0 Å². The average Bonchev–Trinajstić information content (AvgIpc) is 2.94. The van der Waals surface area contributed by atoms with Crippen LogP contribution in [0.2, 0.25) is 0 Å². The molecule has 0 bridgehead atoms. The molecule has 0 fully saturated rings. The minimum absolute atomic E-state index is 0.367. The van der Waals surface area contributed by atoms with E-state index in [2.05, 4.69) is 43.9 Å². The number of halogens is 1. The third-order valence-electron chi connectivity index (χ3n) is 3.74. The first kappa shape index (κ1) is 18.9. The monoisotopic (exact) mass is 366 g/mol. The summed E-state index contributed by atoms with van der Waals surface area (Å²) in [6, 6.07) is 1.43. The highest BCUT2D eigenvalue weighted by Crippen LogP contribution is 2.25. The number of pyridine rings is 1. The Balaban J connectivity index is 2.36. The molecule has 0 radical (unpaired) electrons. The predicted molar refractivity (Wildman–Crippen MR) is 105 cm³/mol. The van der Waals surface area contributed by atoms with Crippen LogP contribution in [0.25, 0.3) is 5.69 Å². The van der Waals surface area contributed by atoms with Gasteiger partial charge in [0.1, 0.15) is 5.82 Å². The summed E-state index contributed by atoms with van der Waals surface area (Å²) in [6.45, 7) is 7.23. The summed E-state index contributed by atoms with van der Waals surface area (Å²) in [5.74, 6) is 1.08. The second-order valence-electron chi connectivity index (χ2n) is 5.80. The standard InChI is InChI=1S/C17H24FN4PS/c1-5-6-21(17(23)12(2)11-24-4)16-10-22(20-13(16)3)15-7-14(18)8-19-9-15/h7-10,12,23H,5-6,11H2,1-4H3. The molecule has 0 aliphatic rings. The Morgan fingerprint density at radius 3 is 2.83 bits per heavy atom. The number of hydrogen-bond donors (Lipinski definition) is 0. The Morgan fingerprint density at radius 1 is 1.46 bits per heavy atom. The molecule has 130 valence electrons. The topological polar surface area (TPSA) is 34.0 Å². The SMILES string of the molecule is CCCN(C(=P)C(C)CSC)c1cn(-c2cncc(F)c2)nc1C. The first-order valence-electron chi connectivity index (χ1n) is 8.00. The number of rotatable bonds is 8. The molecule has 1 unspecified atom stereocenters. The summed E-state index contributed by atoms with van der Waals surface area (Å²) < 4.78 is 15.1. The van der Waals surface area contributed by atoms with Crippen molar-refractivity contribution in [3.8, 4) is 5.69 Å². The van der Waals surface area contributed by atoms with E-state index in [-0.39, 0.29) is 5.82 Å². The van der Waals surface area contributed by atoms with Gasteiger partial charge in [0.25, 0.3) is 0 Å². The molecule has 2 aromatic heterocycles. The quantitative estimate of drug-likeness (QED) is 0.656. The van der Waals surface area contributed by atoms with Crippen molar-refractivity contribution in [1.82, 2.24) is 14.8 Å². The van der Waals surface area contributed by atoms with Gasteiger partial charge in [0.2, 0.25) is 0 Å². The third kappa shape index (κ3) is 4.37. The van der Waals surface area contributed by atoms with E-state index in [4.69, 9.17) is 0 Å². The van der Waals surface area contributed by atoms with Gasteiger partial charge in [-0.25, -0.2) is 9.07 Å². The molecule has 2 aromatic rings. The largest absolute Gasteiger partial charge is 0.339 e. The van der Waals surface area contributed by atoms with Crippen LogP contribution in [0, 0.1) is 18.7 Å². The minimum atomic E-state index is -0.367. The fourth-order valence-electron chi connectivity index (χ4n) is 2.56. The third-order valence-corrected chi connectivity index (χ3v) is 5.34. The maximum absolute atomic E-state index is 13.4. The molecule has 0 amide bonds. The molecule has 1 atom stereocenters. The molecular weight excluding hydrogens is 342 g/mol. The van der Waals surface area contributed by atoms with Crippen LogP contribution in [-0.4, -0.2) is 38.7 Å². The Morgan fingerprint density at radius 2 is 2.21 bits per heavy atom. The van der Waals surface area contributed by atoms with Crippen LogP contribution in [0.5, 0.6) is 0 Å². The van der Waals surface area contributed by atoms with Crippen molar-refractivity contribution in [2.45, 2.75) is 27.2 Å². The fourth-order valence-corrected chi connectivity index (χ4v) is 3.70. The lowest BCUT2D eigenvalue weighted by Gasteiger charge is -2.28. The fraction of sp³-hybridized carbons (Fsp3) is 0.471. The van der Waals surface area contributed by atoms with Crippen LogP contribution < -0.4 is 4.90 Å². The number of anilines is 1. The van der Waals surface area contributed by atoms with Crippen molar-refractivity contribution < 1.29 is 4.39 Å². The van der Waals surface area contributed by atoms with Gasteiger partial charge in [-0.1, -0.05) is 22.7 Å². The molecule has 0 aliphatic heterocycles. The van der Waals surface area contributed by atoms with Crippen molar-refractivity contribution in [3.05, 3.63) is 36.2 Å². The van der Waals surface area contributed by atoms with Crippen LogP contribution in [0.3, 0.4) is 0 Å². The Hall–Kier alpha value is -1.39. The normalized spacial score (nSPS) is 12.2. The maximum atomic E-state index is 13.4. The lowest BCUT2D eigenvalue weighted by Crippen LogP contribution is -2.35. The van der Waals surface area contributed by atoms with Gasteiger partial charge in [-0.3, -0.25) is 4.98 Å². The molecular formula is C17H24FN4PS. The molecule has 0 aliphatic carbocycles. The molecule has 2 rings (SSSR count). The first-order valence-corrected chi connectivity index (χ1v) is 9.89. The summed E-state index contributed by atoms with van der Waals surface area (Å²) in [6.07, 6.45) is 7.87. The van der Waals surface area contributed by atoms with E-state index in [0.717, 1.165) is 35.5 Å².